The van der Waals surface area contributed by atoms with Crippen LogP contribution in [-0.4, -0.2) is 61.2 Å². The Morgan fingerprint density at radius 1 is 1.32 bits per heavy atom. The maximum Gasteiger partial charge on any atom is 0.430 e. The third-order valence-corrected chi connectivity index (χ3v) is 4.43. The van der Waals surface area contributed by atoms with E-state index in [1.165, 1.54) is 22.9 Å². The number of pyridine rings is 1. The number of rotatable bonds is 7. The third kappa shape index (κ3) is 7.88. The highest BCUT2D eigenvalue weighted by molar-refractivity contribution is 7.54. The van der Waals surface area contributed by atoms with Gasteiger partial charge in [-0.05, 0) is 6.07 Å². The molecule has 0 fully saturated rings. The number of carboxylic acids is 2. The summed E-state index contributed by atoms with van der Waals surface area (Å²) < 4.78 is 44.2. The van der Waals surface area contributed by atoms with Crippen molar-refractivity contribution >= 4 is 19.5 Å². The van der Waals surface area contributed by atoms with Crippen LogP contribution in [0.5, 0.6) is 0 Å². The molecule has 0 saturated carbocycles. The van der Waals surface area contributed by atoms with Gasteiger partial charge in [0.2, 0.25) is 0 Å². The van der Waals surface area contributed by atoms with E-state index in [-0.39, 0.29) is 18.7 Å². The molecular weight excluding hydrogens is 416 g/mol. The molecule has 2 atom stereocenters. The summed E-state index contributed by atoms with van der Waals surface area (Å²) in [5.74, 6) is -5.01. The van der Waals surface area contributed by atoms with Crippen LogP contribution in [-0.2, 0) is 27.1 Å². The number of aliphatic hydroxyl groups excluding tert-OH is 1. The summed E-state index contributed by atoms with van der Waals surface area (Å²) in [4.78, 5) is 37.8. The van der Waals surface area contributed by atoms with Crippen LogP contribution in [0.15, 0.2) is 24.5 Å². The Bertz CT molecular complexity index is 740. The van der Waals surface area contributed by atoms with Gasteiger partial charge in [-0.3, -0.25) is 4.57 Å². The summed E-state index contributed by atoms with van der Waals surface area (Å²) in [6.07, 6.45) is -3.83. The zero-order valence-electron chi connectivity index (χ0n) is 14.0. The molecule has 1 aromatic heterocycles. The normalized spacial score (nSPS) is 15.0. The predicted molar refractivity (Wildman–Crippen MR) is 81.1 cm³/mol. The molecule has 0 saturated heterocycles. The van der Waals surface area contributed by atoms with Crippen LogP contribution in [0.2, 0.25) is 0 Å². The number of hydrogen-bond donors (Lipinski definition) is 6. The Morgan fingerprint density at radius 3 is 2.18 bits per heavy atom. The number of hydrogen-bond acceptors (Lipinski definition) is 7. The number of aliphatic carboxylic acids is 2. The van der Waals surface area contributed by atoms with Crippen molar-refractivity contribution < 1.29 is 62.1 Å². The molecule has 2 unspecified atom stereocenters. The maximum absolute atomic E-state index is 11.2. The molecule has 0 aromatic carbocycles. The van der Waals surface area contributed by atoms with Gasteiger partial charge < -0.3 is 40.7 Å². The predicted octanol–water partition coefficient (Wildman–Crippen LogP) is -2.91. The highest BCUT2D eigenvalue weighted by Crippen LogP contribution is 2.50. The van der Waals surface area contributed by atoms with E-state index in [9.17, 15) is 32.7 Å². The van der Waals surface area contributed by atoms with Crippen molar-refractivity contribution in [1.82, 2.24) is 0 Å². The van der Waals surface area contributed by atoms with Gasteiger partial charge in [-0.1, -0.05) is 0 Å². The van der Waals surface area contributed by atoms with E-state index >= 15 is 0 Å². The van der Waals surface area contributed by atoms with Crippen LogP contribution in [0.25, 0.3) is 0 Å². The molecule has 15 heteroatoms. The smallest absolute Gasteiger partial charge is 0.430 e. The second kappa shape index (κ2) is 9.91. The molecule has 1 aromatic rings. The highest BCUT2D eigenvalue weighted by atomic mass is 31.2. The molecule has 1 heterocycles. The molecule has 7 N–H and O–H groups in total. The minimum absolute atomic E-state index is 0.0266. The van der Waals surface area contributed by atoms with Crippen molar-refractivity contribution in [2.45, 2.75) is 30.6 Å². The van der Waals surface area contributed by atoms with Crippen LogP contribution < -0.4 is 15.4 Å². The molecule has 11 nitrogen and oxygen atoms in total. The van der Waals surface area contributed by atoms with Crippen molar-refractivity contribution in [1.29, 1.82) is 0 Å². The van der Waals surface area contributed by atoms with Crippen LogP contribution in [0.3, 0.4) is 0 Å². The number of carbonyl (C=O) groups is 2. The lowest BCUT2D eigenvalue weighted by Gasteiger charge is -2.23. The monoisotopic (exact) mass is 434 g/mol. The largest absolute Gasteiger partial charge is 0.542 e. The minimum atomic E-state index is -5.28. The lowest BCUT2D eigenvalue weighted by atomic mass is 10.1. The number of carboxylic acid groups (broad SMARTS) is 2. The zero-order valence-corrected chi connectivity index (χ0v) is 14.9. The van der Waals surface area contributed by atoms with Gasteiger partial charge >= 0.3 is 19.7 Å². The quantitative estimate of drug-likeness (QED) is 0.190. The topological polar surface area (TPSA) is 205 Å². The van der Waals surface area contributed by atoms with Gasteiger partial charge in [0.15, 0.2) is 18.9 Å². The molecule has 0 aliphatic heterocycles. The fraction of sp³-hybridized carbons (Fsp3) is 0.462. The Labute approximate surface area is 155 Å². The van der Waals surface area contributed by atoms with E-state index in [1.807, 2.05) is 0 Å². The molecule has 160 valence electrons. The summed E-state index contributed by atoms with van der Waals surface area (Å²) in [5, 5.41) is 33.7. The number of nitrogens with zero attached hydrogens (tertiary/aromatic N) is 1. The molecule has 1 rings (SSSR count). The van der Waals surface area contributed by atoms with Gasteiger partial charge in [0.1, 0.15) is 12.1 Å². The average Bonchev–Trinajstić information content (AvgIpc) is 2.53. The minimum Gasteiger partial charge on any atom is -0.542 e. The van der Waals surface area contributed by atoms with Crippen LogP contribution in [0, 0.1) is 0 Å². The van der Waals surface area contributed by atoms with Gasteiger partial charge in [0.05, 0.1) is 0 Å². The number of carbonyl (C=O) groups excluding carboxylic acids is 1. The van der Waals surface area contributed by atoms with Gasteiger partial charge in [-0.2, -0.15) is 13.2 Å². The van der Waals surface area contributed by atoms with Crippen LogP contribution in [0.4, 0.5) is 13.2 Å². The van der Waals surface area contributed by atoms with Crippen molar-refractivity contribution in [3.8, 4) is 0 Å². The first-order valence-corrected chi connectivity index (χ1v) is 8.81. The fourth-order valence-electron chi connectivity index (χ4n) is 1.70. The van der Waals surface area contributed by atoms with E-state index in [1.54, 1.807) is 6.20 Å². The highest BCUT2D eigenvalue weighted by Gasteiger charge is 2.53. The van der Waals surface area contributed by atoms with Crippen molar-refractivity contribution in [3.05, 3.63) is 30.1 Å². The molecule has 28 heavy (non-hydrogen) atoms. The first-order chi connectivity index (χ1) is 12.5. The van der Waals surface area contributed by atoms with E-state index in [0.29, 0.717) is 0 Å². The summed E-state index contributed by atoms with van der Waals surface area (Å²) in [7, 11) is -5.28. The second-order valence-corrected chi connectivity index (χ2v) is 7.25. The van der Waals surface area contributed by atoms with E-state index in [2.05, 4.69) is 0 Å². The Hall–Kier alpha value is -2.09. The Morgan fingerprint density at radius 2 is 1.82 bits per heavy atom. The van der Waals surface area contributed by atoms with Crippen LogP contribution >= 0.6 is 7.60 Å². The molecule has 0 radical (unpaired) electrons. The average molecular weight is 434 g/mol. The van der Waals surface area contributed by atoms with Crippen molar-refractivity contribution in [3.63, 3.8) is 0 Å². The maximum atomic E-state index is 11.2. The Balaban J connectivity index is 0.000000887. The van der Waals surface area contributed by atoms with E-state index in [0.717, 1.165) is 0 Å². The number of nitrogens with two attached hydrogens (primary N) is 1. The summed E-state index contributed by atoms with van der Waals surface area (Å²) in [6, 6.07) is 2.91. The number of halogens is 3. The number of alkyl halides is 3. The molecule has 0 bridgehead atoms. The Kier molecular flexibility index (Phi) is 9.17. The van der Waals surface area contributed by atoms with Gasteiger partial charge in [0, 0.05) is 24.6 Å². The van der Waals surface area contributed by atoms with Crippen LogP contribution in [0.1, 0.15) is 5.56 Å². The molecule has 0 amide bonds. The van der Waals surface area contributed by atoms with Gasteiger partial charge in [-0.25, -0.2) is 9.36 Å². The summed E-state index contributed by atoms with van der Waals surface area (Å²) >= 11 is 0. The SMILES string of the molecule is NCC(O)C[n+]1cccc(CC(O)(C(=O)O)P(=O)(O)O)c1.O=C([O-])C(F)(F)F. The molecular formula is C13H18F3N2O9P. The number of aliphatic hydroxyl groups is 2. The summed E-state index contributed by atoms with van der Waals surface area (Å²) in [5.41, 5.74) is 5.46. The van der Waals surface area contributed by atoms with E-state index in [4.69, 9.17) is 30.5 Å². The van der Waals surface area contributed by atoms with E-state index < -0.39 is 43.6 Å². The van der Waals surface area contributed by atoms with Crippen molar-refractivity contribution in [2.24, 2.45) is 5.73 Å². The molecule has 0 aliphatic carbocycles. The van der Waals surface area contributed by atoms with Crippen molar-refractivity contribution in [2.75, 3.05) is 6.54 Å². The number of aromatic nitrogens is 1. The first-order valence-electron chi connectivity index (χ1n) is 7.20. The van der Waals surface area contributed by atoms with Gasteiger partial charge in [-0.15, -0.1) is 0 Å². The first kappa shape index (κ1) is 25.9. The summed E-state index contributed by atoms with van der Waals surface area (Å²) in [6.45, 7) is 0.157. The van der Waals surface area contributed by atoms with Gasteiger partial charge in [0.25, 0.3) is 5.34 Å². The lowest BCUT2D eigenvalue weighted by Crippen LogP contribution is -2.44. The zero-order chi connectivity index (χ0) is 22.3. The molecule has 0 aliphatic rings. The fourth-order valence-corrected chi connectivity index (χ4v) is 2.34. The molecule has 0 spiro atoms. The second-order valence-electron chi connectivity index (χ2n) is 5.43. The third-order valence-electron chi connectivity index (χ3n) is 3.12. The standard InChI is InChI=1S/C11H17N2O7P.C2HF3O2/c12-5-9(14)7-13-3-1-2-8(6-13)4-11(17,10(15)16)21(18,19)20;3-2(4,5)1(6)7/h1-3,6,9,14,17H,4-5,7,12H2,(H2-,15,16,18,19,20);(H,6,7). The lowest BCUT2D eigenvalue weighted by molar-refractivity contribution is -0.703.